The van der Waals surface area contributed by atoms with Gasteiger partial charge in [0.25, 0.3) is 5.91 Å². The average Bonchev–Trinajstić information content (AvgIpc) is 3.43. The van der Waals surface area contributed by atoms with Gasteiger partial charge in [-0.2, -0.15) is 5.10 Å². The number of oxazole rings is 1. The highest BCUT2D eigenvalue weighted by atomic mass is 16.5. The predicted molar refractivity (Wildman–Crippen MR) is 113 cm³/mol. The Kier molecular flexibility index (Phi) is 5.88. The highest BCUT2D eigenvalue weighted by Crippen LogP contribution is 2.32. The van der Waals surface area contributed by atoms with Crippen LogP contribution in [0, 0.1) is 0 Å². The van der Waals surface area contributed by atoms with Crippen LogP contribution in [0.25, 0.3) is 0 Å². The molecule has 1 aliphatic heterocycles. The molecule has 0 N–H and O–H groups in total. The van der Waals surface area contributed by atoms with Gasteiger partial charge in [-0.1, -0.05) is 12.1 Å². The Labute approximate surface area is 176 Å². The van der Waals surface area contributed by atoms with Crippen molar-refractivity contribution in [1.82, 2.24) is 19.7 Å². The zero-order chi connectivity index (χ0) is 21.1. The van der Waals surface area contributed by atoms with Crippen LogP contribution in [0.1, 0.15) is 72.9 Å². The first-order chi connectivity index (χ1) is 14.6. The number of carbonyl (C=O) groups is 1. The molecular weight excluding hydrogens is 380 g/mol. The van der Waals surface area contributed by atoms with Gasteiger partial charge in [0.2, 0.25) is 5.89 Å². The zero-order valence-corrected chi connectivity index (χ0v) is 17.7. The Morgan fingerprint density at radius 1 is 1.30 bits per heavy atom. The number of likely N-dealkylation sites (tertiary alicyclic amines) is 1. The SMILES string of the molecule is COc1cccc(Cc2cnc([C@@H]3CCCCN3C(=O)c3ccnn3C(C)C)o2)c1. The molecule has 0 aliphatic carbocycles. The molecule has 3 heterocycles. The standard InChI is InChI=1S/C23H28N4O3/c1-16(2)27-21(10-11-25-27)23(28)26-12-5-4-9-20(26)22-24-15-19(30-22)14-17-7-6-8-18(13-17)29-3/h6-8,10-11,13,15-16,20H,4-5,9,12,14H2,1-3H3/t20-/m0/s1. The van der Waals surface area contributed by atoms with E-state index in [1.54, 1.807) is 30.3 Å². The number of methoxy groups -OCH3 is 1. The maximum atomic E-state index is 13.3. The van der Waals surface area contributed by atoms with Crippen molar-refractivity contribution in [3.63, 3.8) is 0 Å². The summed E-state index contributed by atoms with van der Waals surface area (Å²) in [7, 11) is 1.66. The predicted octanol–water partition coefficient (Wildman–Crippen LogP) is 4.42. The summed E-state index contributed by atoms with van der Waals surface area (Å²) in [5.41, 5.74) is 1.70. The monoisotopic (exact) mass is 408 g/mol. The van der Waals surface area contributed by atoms with Gasteiger partial charge >= 0.3 is 0 Å². The van der Waals surface area contributed by atoms with Gasteiger partial charge < -0.3 is 14.1 Å². The Bertz CT molecular complexity index is 1010. The summed E-state index contributed by atoms with van der Waals surface area (Å²) in [6, 6.07) is 9.67. The topological polar surface area (TPSA) is 73.4 Å². The van der Waals surface area contributed by atoms with Crippen molar-refractivity contribution in [3.05, 3.63) is 65.6 Å². The van der Waals surface area contributed by atoms with Crippen LogP contribution in [-0.4, -0.2) is 39.2 Å². The van der Waals surface area contributed by atoms with E-state index < -0.39 is 0 Å². The summed E-state index contributed by atoms with van der Waals surface area (Å²) in [6.45, 7) is 4.74. The second-order valence-electron chi connectivity index (χ2n) is 7.96. The van der Waals surface area contributed by atoms with Gasteiger partial charge in [-0.05, 0) is 56.9 Å². The molecule has 1 amide bonds. The summed E-state index contributed by atoms with van der Waals surface area (Å²) < 4.78 is 13.2. The number of benzene rings is 1. The lowest BCUT2D eigenvalue weighted by molar-refractivity contribution is 0.0555. The van der Waals surface area contributed by atoms with Crippen LogP contribution in [0.15, 0.2) is 47.1 Å². The molecule has 2 aromatic heterocycles. The molecule has 1 atom stereocenters. The van der Waals surface area contributed by atoms with Crippen molar-refractivity contribution >= 4 is 5.91 Å². The summed E-state index contributed by atoms with van der Waals surface area (Å²) >= 11 is 0. The zero-order valence-electron chi connectivity index (χ0n) is 17.7. The molecule has 0 radical (unpaired) electrons. The molecule has 7 nitrogen and oxygen atoms in total. The maximum Gasteiger partial charge on any atom is 0.272 e. The summed E-state index contributed by atoms with van der Waals surface area (Å²) in [5.74, 6) is 2.19. The summed E-state index contributed by atoms with van der Waals surface area (Å²) in [5, 5.41) is 4.31. The molecule has 0 spiro atoms. The van der Waals surface area contributed by atoms with E-state index in [1.165, 1.54) is 0 Å². The minimum atomic E-state index is -0.152. The van der Waals surface area contributed by atoms with Crippen LogP contribution < -0.4 is 4.74 Å². The molecule has 1 fully saturated rings. The smallest absolute Gasteiger partial charge is 0.272 e. The van der Waals surface area contributed by atoms with Crippen molar-refractivity contribution in [2.24, 2.45) is 0 Å². The maximum absolute atomic E-state index is 13.3. The Hall–Kier alpha value is -3.09. The van der Waals surface area contributed by atoms with Gasteiger partial charge in [0.1, 0.15) is 23.2 Å². The molecule has 0 saturated carbocycles. The van der Waals surface area contributed by atoms with E-state index in [0.29, 0.717) is 24.6 Å². The van der Waals surface area contributed by atoms with Crippen LogP contribution in [0.5, 0.6) is 5.75 Å². The number of hydrogen-bond acceptors (Lipinski definition) is 5. The normalized spacial score (nSPS) is 16.8. The van der Waals surface area contributed by atoms with Crippen LogP contribution in [0.3, 0.4) is 0 Å². The lowest BCUT2D eigenvalue weighted by Gasteiger charge is -2.34. The number of rotatable bonds is 6. The molecular formula is C23H28N4O3. The van der Waals surface area contributed by atoms with Gasteiger partial charge in [-0.3, -0.25) is 9.48 Å². The molecule has 3 aromatic rings. The third-order valence-corrected chi connectivity index (χ3v) is 5.51. The number of carbonyl (C=O) groups excluding carboxylic acids is 1. The largest absolute Gasteiger partial charge is 0.497 e. The Morgan fingerprint density at radius 2 is 2.17 bits per heavy atom. The third kappa shape index (κ3) is 4.10. The van der Waals surface area contributed by atoms with Crippen LogP contribution in [0.2, 0.25) is 0 Å². The molecule has 0 bridgehead atoms. The van der Waals surface area contributed by atoms with Gasteiger partial charge in [0, 0.05) is 25.2 Å². The number of aromatic nitrogens is 3. The number of amides is 1. The lowest BCUT2D eigenvalue weighted by Crippen LogP contribution is -2.39. The van der Waals surface area contributed by atoms with Gasteiger partial charge in [0.05, 0.1) is 13.3 Å². The highest BCUT2D eigenvalue weighted by molar-refractivity contribution is 5.92. The second-order valence-corrected chi connectivity index (χ2v) is 7.96. The molecule has 158 valence electrons. The number of piperidine rings is 1. The first-order valence-corrected chi connectivity index (χ1v) is 10.5. The first kappa shape index (κ1) is 20.2. The van der Waals surface area contributed by atoms with E-state index in [4.69, 9.17) is 9.15 Å². The minimum absolute atomic E-state index is 0.0153. The van der Waals surface area contributed by atoms with Crippen molar-refractivity contribution in [2.75, 3.05) is 13.7 Å². The van der Waals surface area contributed by atoms with Crippen LogP contribution in [-0.2, 0) is 6.42 Å². The molecule has 1 aromatic carbocycles. The van der Waals surface area contributed by atoms with Gasteiger partial charge in [-0.25, -0.2) is 4.98 Å². The van der Waals surface area contributed by atoms with E-state index in [0.717, 1.165) is 36.3 Å². The van der Waals surface area contributed by atoms with E-state index in [2.05, 4.69) is 10.1 Å². The molecule has 4 rings (SSSR count). The van der Waals surface area contributed by atoms with Gasteiger partial charge in [-0.15, -0.1) is 0 Å². The molecule has 30 heavy (non-hydrogen) atoms. The lowest BCUT2D eigenvalue weighted by atomic mass is 10.0. The average molecular weight is 409 g/mol. The number of ether oxygens (including phenoxy) is 1. The quantitative estimate of drug-likeness (QED) is 0.604. The Morgan fingerprint density at radius 3 is 2.97 bits per heavy atom. The first-order valence-electron chi connectivity index (χ1n) is 10.5. The van der Waals surface area contributed by atoms with Crippen LogP contribution >= 0.6 is 0 Å². The highest BCUT2D eigenvalue weighted by Gasteiger charge is 2.33. The molecule has 7 heteroatoms. The molecule has 1 saturated heterocycles. The minimum Gasteiger partial charge on any atom is -0.497 e. The van der Waals surface area contributed by atoms with Gasteiger partial charge in [0.15, 0.2) is 0 Å². The van der Waals surface area contributed by atoms with Crippen molar-refractivity contribution in [1.29, 1.82) is 0 Å². The van der Waals surface area contributed by atoms with E-state index in [1.807, 2.05) is 43.0 Å². The Balaban J connectivity index is 1.54. The van der Waals surface area contributed by atoms with E-state index in [-0.39, 0.29) is 18.0 Å². The number of nitrogens with zero attached hydrogens (tertiary/aromatic N) is 4. The molecule has 1 aliphatic rings. The van der Waals surface area contributed by atoms with Crippen molar-refractivity contribution < 1.29 is 13.9 Å². The van der Waals surface area contributed by atoms with Crippen molar-refractivity contribution in [2.45, 2.75) is 51.6 Å². The number of hydrogen-bond donors (Lipinski definition) is 0. The fourth-order valence-corrected chi connectivity index (χ4v) is 4.02. The fraction of sp³-hybridized carbons (Fsp3) is 0.435. The van der Waals surface area contributed by atoms with E-state index >= 15 is 0 Å². The summed E-state index contributed by atoms with van der Waals surface area (Å²) in [4.78, 5) is 19.7. The van der Waals surface area contributed by atoms with Crippen LogP contribution in [0.4, 0.5) is 0 Å². The second kappa shape index (κ2) is 8.73. The third-order valence-electron chi connectivity index (χ3n) is 5.51. The molecule has 0 unspecified atom stereocenters. The summed E-state index contributed by atoms with van der Waals surface area (Å²) in [6.07, 6.45) is 6.96. The fourth-order valence-electron chi connectivity index (χ4n) is 4.02. The van der Waals surface area contributed by atoms with Crippen molar-refractivity contribution in [3.8, 4) is 5.75 Å². The van der Waals surface area contributed by atoms with E-state index in [9.17, 15) is 4.79 Å².